The van der Waals surface area contributed by atoms with Gasteiger partial charge in [-0.1, -0.05) is 36.1 Å². The van der Waals surface area contributed by atoms with E-state index in [4.69, 9.17) is 12.2 Å². The minimum Gasteiger partial charge on any atom is -0.273 e. The fraction of sp³-hybridized carbons (Fsp3) is 0.200. The van der Waals surface area contributed by atoms with Crippen molar-refractivity contribution in [3.05, 3.63) is 28.7 Å². The Bertz CT molecular complexity index is 435. The zero-order valence-electron chi connectivity index (χ0n) is 7.94. The largest absolute Gasteiger partial charge is 0.273 e. The molecule has 0 bridgehead atoms. The van der Waals surface area contributed by atoms with E-state index in [1.807, 2.05) is 31.2 Å². The first kappa shape index (κ1) is 11.1. The number of benzene rings is 1. The molecule has 0 aromatic heterocycles. The normalized spacial score (nSPS) is 21.2. The molecule has 2 nitrogen and oxygen atoms in total. The van der Waals surface area contributed by atoms with Crippen molar-refractivity contribution < 1.29 is 4.79 Å². The highest BCUT2D eigenvalue weighted by Gasteiger charge is 2.35. The highest BCUT2D eigenvalue weighted by molar-refractivity contribution is 9.10. The maximum Gasteiger partial charge on any atom is 0.245 e. The number of thiocarbonyl (C=S) groups is 1. The van der Waals surface area contributed by atoms with Gasteiger partial charge in [0.2, 0.25) is 5.91 Å². The van der Waals surface area contributed by atoms with Crippen LogP contribution in [0.15, 0.2) is 28.7 Å². The van der Waals surface area contributed by atoms with Crippen LogP contribution in [-0.2, 0) is 4.79 Å². The van der Waals surface area contributed by atoms with Gasteiger partial charge in [-0.15, -0.1) is 0 Å². The quantitative estimate of drug-likeness (QED) is 0.743. The molecule has 1 heterocycles. The number of thioether (sulfide) groups is 1. The summed E-state index contributed by atoms with van der Waals surface area (Å²) in [6.07, 6.45) is 0. The fourth-order valence-electron chi connectivity index (χ4n) is 1.38. The second-order valence-electron chi connectivity index (χ2n) is 3.15. The van der Waals surface area contributed by atoms with Gasteiger partial charge in [0.25, 0.3) is 0 Å². The van der Waals surface area contributed by atoms with Crippen molar-refractivity contribution in [2.24, 2.45) is 0 Å². The van der Waals surface area contributed by atoms with Crippen LogP contribution in [0.3, 0.4) is 0 Å². The molecule has 0 radical (unpaired) electrons. The number of carbonyl (C=O) groups is 1. The maximum atomic E-state index is 11.9. The summed E-state index contributed by atoms with van der Waals surface area (Å²) in [4.78, 5) is 13.5. The Morgan fingerprint density at radius 2 is 2.13 bits per heavy atom. The van der Waals surface area contributed by atoms with Crippen molar-refractivity contribution >= 4 is 55.8 Å². The van der Waals surface area contributed by atoms with Crippen LogP contribution in [0.4, 0.5) is 5.69 Å². The van der Waals surface area contributed by atoms with E-state index in [9.17, 15) is 4.79 Å². The molecule has 0 unspecified atom stereocenters. The Labute approximate surface area is 106 Å². The summed E-state index contributed by atoms with van der Waals surface area (Å²) in [5, 5.41) is -0.0791. The first-order chi connectivity index (χ1) is 7.11. The van der Waals surface area contributed by atoms with Crippen LogP contribution < -0.4 is 4.90 Å². The third-order valence-electron chi connectivity index (χ3n) is 2.12. The molecule has 1 aliphatic heterocycles. The third kappa shape index (κ3) is 1.96. The van der Waals surface area contributed by atoms with Crippen molar-refractivity contribution in [1.82, 2.24) is 0 Å². The summed E-state index contributed by atoms with van der Waals surface area (Å²) in [5.74, 6) is 0.0527. The van der Waals surface area contributed by atoms with Crippen LogP contribution in [-0.4, -0.2) is 15.5 Å². The summed E-state index contributed by atoms with van der Waals surface area (Å²) in [6, 6.07) is 7.59. The van der Waals surface area contributed by atoms with Crippen LogP contribution in [0, 0.1) is 0 Å². The second-order valence-corrected chi connectivity index (χ2v) is 5.98. The minimum atomic E-state index is -0.0791. The number of anilines is 1. The lowest BCUT2D eigenvalue weighted by atomic mass is 10.3. The summed E-state index contributed by atoms with van der Waals surface area (Å²) in [5.41, 5.74) is 0.823. The lowest BCUT2D eigenvalue weighted by molar-refractivity contribution is -0.116. The lowest BCUT2D eigenvalue weighted by Gasteiger charge is -2.16. The van der Waals surface area contributed by atoms with Crippen molar-refractivity contribution in [3.63, 3.8) is 0 Å². The molecule has 1 atom stereocenters. The van der Waals surface area contributed by atoms with Gasteiger partial charge >= 0.3 is 0 Å². The summed E-state index contributed by atoms with van der Waals surface area (Å²) in [7, 11) is 0. The molecular formula is C10H8BrNOS2. The Morgan fingerprint density at radius 3 is 2.67 bits per heavy atom. The molecule has 0 spiro atoms. The Morgan fingerprint density at radius 1 is 1.47 bits per heavy atom. The van der Waals surface area contributed by atoms with E-state index in [0.29, 0.717) is 4.32 Å². The maximum absolute atomic E-state index is 11.9. The number of hydrogen-bond acceptors (Lipinski definition) is 3. The highest BCUT2D eigenvalue weighted by atomic mass is 79.9. The van der Waals surface area contributed by atoms with Crippen molar-refractivity contribution in [2.75, 3.05) is 4.90 Å². The molecule has 0 saturated carbocycles. The van der Waals surface area contributed by atoms with Gasteiger partial charge in [-0.05, 0) is 35.0 Å². The fourth-order valence-corrected chi connectivity index (χ4v) is 3.26. The molecule has 0 aliphatic carbocycles. The van der Waals surface area contributed by atoms with Crippen LogP contribution in [0.25, 0.3) is 0 Å². The van der Waals surface area contributed by atoms with Crippen LogP contribution in [0.2, 0.25) is 0 Å². The van der Waals surface area contributed by atoms with Crippen LogP contribution in [0.5, 0.6) is 0 Å². The van der Waals surface area contributed by atoms with Crippen LogP contribution >= 0.6 is 39.9 Å². The molecule has 2 rings (SSSR count). The topological polar surface area (TPSA) is 20.3 Å². The predicted octanol–water partition coefficient (Wildman–Crippen LogP) is 3.20. The highest BCUT2D eigenvalue weighted by Crippen LogP contribution is 2.35. The monoisotopic (exact) mass is 301 g/mol. The zero-order chi connectivity index (χ0) is 11.0. The van der Waals surface area contributed by atoms with Crippen molar-refractivity contribution in [2.45, 2.75) is 12.2 Å². The molecule has 0 N–H and O–H groups in total. The van der Waals surface area contributed by atoms with Gasteiger partial charge in [0.05, 0.1) is 10.9 Å². The van der Waals surface area contributed by atoms with Gasteiger partial charge in [0.15, 0.2) is 0 Å². The van der Waals surface area contributed by atoms with Gasteiger partial charge in [0, 0.05) is 4.47 Å². The van der Waals surface area contributed by atoms with E-state index in [0.717, 1.165) is 10.2 Å². The summed E-state index contributed by atoms with van der Waals surface area (Å²) in [6.45, 7) is 1.87. The Hall–Kier alpha value is -0.390. The number of nitrogens with zero attached hydrogens (tertiary/aromatic N) is 1. The van der Waals surface area contributed by atoms with Gasteiger partial charge in [-0.25, -0.2) is 0 Å². The first-order valence-corrected chi connectivity index (χ1v) is 6.48. The van der Waals surface area contributed by atoms with Crippen LogP contribution in [0.1, 0.15) is 6.92 Å². The standard InChI is InChI=1S/C10H8BrNOS2/c1-6-9(13)12(10(14)15-6)8-5-3-2-4-7(8)11/h2-6H,1H3/t6-/m0/s1. The van der Waals surface area contributed by atoms with Gasteiger partial charge in [-0.3, -0.25) is 9.69 Å². The molecule has 15 heavy (non-hydrogen) atoms. The molecular weight excluding hydrogens is 294 g/mol. The molecule has 1 saturated heterocycles. The van der Waals surface area contributed by atoms with Gasteiger partial charge in [0.1, 0.15) is 4.32 Å². The average Bonchev–Trinajstić information content (AvgIpc) is 2.43. The van der Waals surface area contributed by atoms with Gasteiger partial charge < -0.3 is 0 Å². The first-order valence-electron chi connectivity index (χ1n) is 4.40. The summed E-state index contributed by atoms with van der Waals surface area (Å²) >= 11 is 10.0. The molecule has 1 aliphatic rings. The van der Waals surface area contributed by atoms with Crippen molar-refractivity contribution in [1.29, 1.82) is 0 Å². The van der Waals surface area contributed by atoms with E-state index in [-0.39, 0.29) is 11.2 Å². The number of para-hydroxylation sites is 1. The molecule has 1 amide bonds. The minimum absolute atomic E-state index is 0.0527. The second kappa shape index (κ2) is 4.23. The lowest BCUT2D eigenvalue weighted by Crippen LogP contribution is -2.30. The van der Waals surface area contributed by atoms with E-state index in [1.165, 1.54) is 11.8 Å². The number of hydrogen-bond donors (Lipinski definition) is 0. The number of carbonyl (C=O) groups excluding carboxylic acids is 1. The number of rotatable bonds is 1. The third-order valence-corrected chi connectivity index (χ3v) is 4.20. The van der Waals surface area contributed by atoms with E-state index >= 15 is 0 Å². The Kier molecular flexibility index (Phi) is 3.13. The van der Waals surface area contributed by atoms with Crippen molar-refractivity contribution in [3.8, 4) is 0 Å². The Balaban J connectivity index is 2.44. The van der Waals surface area contributed by atoms with E-state index in [2.05, 4.69) is 15.9 Å². The predicted molar refractivity (Wildman–Crippen MR) is 71.3 cm³/mol. The number of amides is 1. The van der Waals surface area contributed by atoms with E-state index < -0.39 is 0 Å². The molecule has 78 valence electrons. The van der Waals surface area contributed by atoms with Gasteiger partial charge in [-0.2, -0.15) is 0 Å². The zero-order valence-corrected chi connectivity index (χ0v) is 11.2. The SMILES string of the molecule is C[C@@H]1SC(=S)N(c2ccccc2Br)C1=O. The summed E-state index contributed by atoms with van der Waals surface area (Å²) < 4.78 is 1.51. The molecule has 1 aromatic rings. The molecule has 5 heteroatoms. The molecule has 1 aromatic carbocycles. The smallest absolute Gasteiger partial charge is 0.245 e. The average molecular weight is 302 g/mol. The molecule has 1 fully saturated rings. The van der Waals surface area contributed by atoms with E-state index in [1.54, 1.807) is 4.90 Å². The number of halogens is 1.